The molecule has 4 rings (SSSR count). The predicted octanol–water partition coefficient (Wildman–Crippen LogP) is 4.50. The fraction of sp³-hybridized carbons (Fsp3) is 0.286. The molecule has 0 fully saturated rings. The molecule has 3 aromatic rings. The first-order valence-electron chi connectivity index (χ1n) is 13.7. The van der Waals surface area contributed by atoms with Crippen LogP contribution in [0.1, 0.15) is 43.5 Å². The highest BCUT2D eigenvalue weighted by atomic mass is 79.9. The quantitative estimate of drug-likeness (QED) is 0.127. The van der Waals surface area contributed by atoms with Gasteiger partial charge in [0.15, 0.2) is 5.82 Å². The number of halogens is 7. The smallest absolute Gasteiger partial charge is 0.403 e. The zero-order chi connectivity index (χ0) is 34.6. The summed E-state index contributed by atoms with van der Waals surface area (Å²) in [6, 6.07) is 3.34. The topological polar surface area (TPSA) is 183 Å². The van der Waals surface area contributed by atoms with E-state index in [1.807, 2.05) is 0 Å². The number of aromatic nitrogens is 4. The molecule has 7 N–H and O–H groups in total. The number of aliphatic imine (C=N–C) groups is 1. The van der Waals surface area contributed by atoms with Crippen LogP contribution in [-0.2, 0) is 4.79 Å². The van der Waals surface area contributed by atoms with E-state index in [2.05, 4.69) is 41.2 Å². The second-order valence-corrected chi connectivity index (χ2v) is 11.5. The average molecular weight is 746 g/mol. The Balaban J connectivity index is 1.86. The van der Waals surface area contributed by atoms with Gasteiger partial charge >= 0.3 is 12.7 Å². The number of carbonyl (C=O) groups is 1. The van der Waals surface area contributed by atoms with Crippen molar-refractivity contribution in [1.29, 1.82) is 0 Å². The third-order valence-corrected chi connectivity index (χ3v) is 8.00. The van der Waals surface area contributed by atoms with E-state index >= 15 is 0 Å². The van der Waals surface area contributed by atoms with E-state index in [4.69, 9.17) is 28.9 Å². The number of amides is 1. The summed E-state index contributed by atoms with van der Waals surface area (Å²) in [6.07, 6.45) is 1.20. The van der Waals surface area contributed by atoms with Gasteiger partial charge in [0.2, 0.25) is 5.91 Å². The predicted molar refractivity (Wildman–Crippen MR) is 168 cm³/mol. The molecule has 0 spiro atoms. The van der Waals surface area contributed by atoms with Crippen molar-refractivity contribution in [1.82, 2.24) is 24.8 Å². The first-order chi connectivity index (χ1) is 22.1. The van der Waals surface area contributed by atoms with Gasteiger partial charge in [-0.1, -0.05) is 24.9 Å². The van der Waals surface area contributed by atoms with Crippen LogP contribution >= 0.6 is 27.5 Å². The second-order valence-electron chi connectivity index (χ2n) is 10.3. The van der Waals surface area contributed by atoms with Gasteiger partial charge in [-0.15, -0.1) is 0 Å². The Morgan fingerprint density at radius 3 is 2.62 bits per heavy atom. The molecule has 0 aromatic carbocycles. The maximum absolute atomic E-state index is 13.9. The number of allylic oxidation sites excluding steroid dienone is 2. The number of anilines is 1. The van der Waals surface area contributed by atoms with Crippen LogP contribution in [0, 0.1) is 5.92 Å². The van der Waals surface area contributed by atoms with Gasteiger partial charge in [0.05, 0.1) is 46.4 Å². The van der Waals surface area contributed by atoms with E-state index < -0.39 is 41.8 Å². The van der Waals surface area contributed by atoms with Crippen molar-refractivity contribution in [2.24, 2.45) is 28.2 Å². The van der Waals surface area contributed by atoms with E-state index in [-0.39, 0.29) is 55.7 Å². The molecule has 1 aliphatic heterocycles. The fourth-order valence-electron chi connectivity index (χ4n) is 4.74. The number of hydrogen-bond acceptors (Lipinski definition) is 10. The van der Waals surface area contributed by atoms with Crippen molar-refractivity contribution < 1.29 is 26.7 Å². The molecular formula is C28H27BrClF5N10O2. The van der Waals surface area contributed by atoms with Crippen LogP contribution in [0.3, 0.4) is 0 Å². The monoisotopic (exact) mass is 744 g/mol. The van der Waals surface area contributed by atoms with E-state index in [1.54, 1.807) is 6.92 Å². The van der Waals surface area contributed by atoms with Crippen LogP contribution in [0.4, 0.5) is 27.8 Å². The van der Waals surface area contributed by atoms with Crippen molar-refractivity contribution in [3.05, 3.63) is 91.8 Å². The third-order valence-electron chi connectivity index (χ3n) is 7.08. The summed E-state index contributed by atoms with van der Waals surface area (Å²) in [5.41, 5.74) is 8.61. The number of hydrazine groups is 1. The number of nitrogens with one attached hydrogen (secondary N) is 1. The summed E-state index contributed by atoms with van der Waals surface area (Å²) in [7, 11) is 0. The molecule has 0 aliphatic carbocycles. The van der Waals surface area contributed by atoms with Crippen molar-refractivity contribution in [2.75, 3.05) is 5.01 Å². The molecule has 2 atom stereocenters. The van der Waals surface area contributed by atoms with Gasteiger partial charge in [0, 0.05) is 35.6 Å². The molecule has 0 saturated heterocycles. The van der Waals surface area contributed by atoms with E-state index in [0.717, 1.165) is 12.4 Å². The summed E-state index contributed by atoms with van der Waals surface area (Å²) < 4.78 is 67.4. The first kappa shape index (κ1) is 35.4. The molecule has 0 saturated carbocycles. The maximum Gasteiger partial charge on any atom is 0.432 e. The minimum atomic E-state index is -4.88. The average Bonchev–Trinajstić information content (AvgIpc) is 3.01. The second kappa shape index (κ2) is 14.6. The number of carbonyl (C=O) groups excluding carboxylic acids is 1. The maximum atomic E-state index is 13.9. The molecule has 19 heteroatoms. The van der Waals surface area contributed by atoms with Gasteiger partial charge in [-0.05, 0) is 47.0 Å². The fourth-order valence-corrected chi connectivity index (χ4v) is 5.42. The zero-order valence-corrected chi connectivity index (χ0v) is 26.7. The highest BCUT2D eigenvalue weighted by Gasteiger charge is 2.33. The molecule has 1 amide bonds. The molecule has 2 unspecified atom stereocenters. The number of pyridine rings is 2. The number of nitrogens with two attached hydrogens (primary N) is 3. The number of rotatable bonds is 5. The van der Waals surface area contributed by atoms with E-state index in [0.29, 0.717) is 24.1 Å². The zero-order valence-electron chi connectivity index (χ0n) is 24.3. The van der Waals surface area contributed by atoms with Crippen LogP contribution < -0.4 is 33.2 Å². The van der Waals surface area contributed by atoms with Crippen LogP contribution in [0.15, 0.2) is 75.0 Å². The molecule has 0 radical (unpaired) electrons. The molecule has 3 aromatic heterocycles. The summed E-state index contributed by atoms with van der Waals surface area (Å²) in [6.45, 7) is -1.49. The van der Waals surface area contributed by atoms with Crippen molar-refractivity contribution in [3.8, 4) is 11.3 Å². The third kappa shape index (κ3) is 8.12. The highest BCUT2D eigenvalue weighted by molar-refractivity contribution is 9.10. The van der Waals surface area contributed by atoms with Crippen molar-refractivity contribution in [2.45, 2.75) is 45.0 Å². The lowest BCUT2D eigenvalue weighted by atomic mass is 9.96. The van der Waals surface area contributed by atoms with Gasteiger partial charge < -0.3 is 16.8 Å². The van der Waals surface area contributed by atoms with Crippen LogP contribution in [0.5, 0.6) is 0 Å². The molecule has 1 aliphatic rings. The lowest BCUT2D eigenvalue weighted by Gasteiger charge is -2.24. The largest absolute Gasteiger partial charge is 0.432 e. The van der Waals surface area contributed by atoms with Crippen molar-refractivity contribution in [3.63, 3.8) is 0 Å². The molecule has 250 valence electrons. The number of nitrogens with zero attached hydrogens (tertiary/aromatic N) is 6. The Hall–Kier alpha value is -4.42. The van der Waals surface area contributed by atoms with E-state index in [1.165, 1.54) is 35.3 Å². The van der Waals surface area contributed by atoms with Gasteiger partial charge in [0.1, 0.15) is 10.2 Å². The summed E-state index contributed by atoms with van der Waals surface area (Å²) in [4.78, 5) is 42.9. The number of hydrogen-bond donors (Lipinski definition) is 4. The van der Waals surface area contributed by atoms with Gasteiger partial charge in [-0.2, -0.15) is 22.0 Å². The molecule has 47 heavy (non-hydrogen) atoms. The van der Waals surface area contributed by atoms with Crippen LogP contribution in [-0.4, -0.2) is 43.9 Å². The summed E-state index contributed by atoms with van der Waals surface area (Å²) >= 11 is 9.39. The summed E-state index contributed by atoms with van der Waals surface area (Å²) in [5.74, 6) is 4.57. The Kier molecular flexibility index (Phi) is 11.0. The van der Waals surface area contributed by atoms with Gasteiger partial charge in [0.25, 0.3) is 5.56 Å². The van der Waals surface area contributed by atoms with Gasteiger partial charge in [-0.3, -0.25) is 24.1 Å². The summed E-state index contributed by atoms with van der Waals surface area (Å²) in [5, 5.41) is 3.15. The SMILES string of the molecule is CC1CCCC(n2cnc(-c3cc(Cl)cnc3N(N)/C=C(\N)C(F)(F)F)c(Br)c2=O)c2cc(ccn2)C(=NC(F)F)C(=CN)NC1=O. The minimum Gasteiger partial charge on any atom is -0.403 e. The standard InChI is InChI=1S/C28H27BrClF5N10O2/c1-13-3-2-4-19(17-7-14(5-6-39-17)22(43-27(31)32)18(9-36)42-25(13)46)44-12-41-23(21(29)26(44)47)16-8-15(30)10-40-24(16)45(38)11-20(37)28(33,34)35/h5-13,19,27H,2-4,36-38H2,1H3,(H,42,46)/b18-9?,20-11-,43-22?. The normalized spacial score (nSPS) is 19.8. The number of fused-ring (bicyclic) bond motifs is 2. The molecular weight excluding hydrogens is 719 g/mol. The molecule has 4 heterocycles. The Bertz CT molecular complexity index is 1810. The van der Waals surface area contributed by atoms with Crippen molar-refractivity contribution >= 4 is 45.0 Å². The Labute approximate surface area is 277 Å². The first-order valence-corrected chi connectivity index (χ1v) is 14.9. The van der Waals surface area contributed by atoms with Crippen LogP contribution in [0.25, 0.3) is 11.3 Å². The van der Waals surface area contributed by atoms with Gasteiger partial charge in [-0.25, -0.2) is 20.8 Å². The highest BCUT2D eigenvalue weighted by Crippen LogP contribution is 2.34. The Morgan fingerprint density at radius 2 is 1.96 bits per heavy atom. The van der Waals surface area contributed by atoms with E-state index in [9.17, 15) is 31.5 Å². The lowest BCUT2D eigenvalue weighted by molar-refractivity contribution is -0.123. The molecule has 2 bridgehead atoms. The lowest BCUT2D eigenvalue weighted by Crippen LogP contribution is -2.34. The molecule has 12 nitrogen and oxygen atoms in total. The van der Waals surface area contributed by atoms with Crippen LogP contribution in [0.2, 0.25) is 5.02 Å². The number of alkyl halides is 5. The Morgan fingerprint density at radius 1 is 1.23 bits per heavy atom. The minimum absolute atomic E-state index is 0.00467.